The largest absolute Gasteiger partial charge is 0.496 e. The quantitative estimate of drug-likeness (QED) is 0.589. The number of benzene rings is 1. The van der Waals surface area contributed by atoms with Crippen LogP contribution in [-0.2, 0) is 0 Å². The molecule has 1 aromatic carbocycles. The molecule has 26 heavy (non-hydrogen) atoms. The van der Waals surface area contributed by atoms with Crippen molar-refractivity contribution in [3.8, 4) is 5.75 Å². The molecule has 1 saturated heterocycles. The monoisotopic (exact) mass is 373 g/mol. The van der Waals surface area contributed by atoms with Crippen LogP contribution in [0.5, 0.6) is 5.75 Å². The minimum Gasteiger partial charge on any atom is -0.496 e. The molecule has 0 atom stereocenters. The number of ether oxygens (including phenoxy) is 1. The Morgan fingerprint density at radius 1 is 1.31 bits per heavy atom. The lowest BCUT2D eigenvalue weighted by Crippen LogP contribution is -2.35. The molecule has 138 valence electrons. The van der Waals surface area contributed by atoms with Gasteiger partial charge in [-0.25, -0.2) is 4.98 Å². The molecule has 0 bridgehead atoms. The number of methoxy groups -OCH3 is 1. The molecule has 1 aromatic heterocycles. The molecule has 1 fully saturated rings. The van der Waals surface area contributed by atoms with E-state index in [9.17, 15) is 4.79 Å². The van der Waals surface area contributed by atoms with Gasteiger partial charge in [-0.2, -0.15) is 4.98 Å². The number of ketones is 1. The lowest BCUT2D eigenvalue weighted by Gasteiger charge is -2.30. The maximum Gasteiger partial charge on any atom is 0.224 e. The molecular weight excluding hydrogens is 350 g/mol. The highest BCUT2D eigenvalue weighted by Gasteiger charge is 2.21. The smallest absolute Gasteiger partial charge is 0.224 e. The van der Waals surface area contributed by atoms with Gasteiger partial charge >= 0.3 is 0 Å². The van der Waals surface area contributed by atoms with Gasteiger partial charge in [-0.15, -0.1) is 0 Å². The molecule has 0 radical (unpaired) electrons. The Labute approximate surface area is 157 Å². The number of para-hydroxylation sites is 1. The lowest BCUT2D eigenvalue weighted by atomic mass is 10.0. The van der Waals surface area contributed by atoms with Crippen LogP contribution in [-0.4, -0.2) is 52.6 Å². The first kappa shape index (κ1) is 18.5. The van der Waals surface area contributed by atoms with Gasteiger partial charge in [0.05, 0.1) is 18.2 Å². The molecule has 2 aromatic rings. The van der Waals surface area contributed by atoms with Crippen LogP contribution in [0.15, 0.2) is 30.5 Å². The number of nitrogens with one attached hydrogen (secondary N) is 1. The van der Waals surface area contributed by atoms with Crippen LogP contribution in [0.2, 0.25) is 0 Å². The normalized spacial score (nSPS) is 15.6. The van der Waals surface area contributed by atoms with E-state index in [0.29, 0.717) is 23.3 Å². The second-order valence-electron chi connectivity index (χ2n) is 6.05. The van der Waals surface area contributed by atoms with Gasteiger partial charge in [0.2, 0.25) is 11.7 Å². The third-order valence-corrected chi connectivity index (χ3v) is 5.34. The van der Waals surface area contributed by atoms with E-state index in [1.54, 1.807) is 30.1 Å². The molecule has 1 aliphatic rings. The number of nitrogen functional groups attached to an aromatic ring is 1. The summed E-state index contributed by atoms with van der Waals surface area (Å²) in [5, 5.41) is 3.32. The number of hydrogen-bond donors (Lipinski definition) is 2. The maximum absolute atomic E-state index is 12.7. The summed E-state index contributed by atoms with van der Waals surface area (Å²) in [6.07, 6.45) is 5.61. The number of piperidine rings is 1. The predicted octanol–water partition coefficient (Wildman–Crippen LogP) is 2.45. The Balaban J connectivity index is 1.72. The summed E-state index contributed by atoms with van der Waals surface area (Å²) in [7, 11) is 1.53. The highest BCUT2D eigenvalue weighted by molar-refractivity contribution is 7.96. The number of carbonyl (C=O) groups excluding carboxylic acids is 1. The number of hydrogen-bond acceptors (Lipinski definition) is 8. The van der Waals surface area contributed by atoms with E-state index in [0.717, 1.165) is 25.9 Å². The maximum atomic E-state index is 12.7. The first-order chi connectivity index (χ1) is 12.6. The number of nitrogens with zero attached hydrogens (tertiary/aromatic N) is 3. The van der Waals surface area contributed by atoms with Crippen molar-refractivity contribution in [2.75, 3.05) is 37.5 Å². The fraction of sp³-hybridized carbons (Fsp3) is 0.389. The topological polar surface area (TPSA) is 93.4 Å². The lowest BCUT2D eigenvalue weighted by molar-refractivity contribution is 0.103. The highest BCUT2D eigenvalue weighted by atomic mass is 32.2. The number of anilines is 2. The summed E-state index contributed by atoms with van der Waals surface area (Å²) in [5.74, 6) is 0.876. The summed E-state index contributed by atoms with van der Waals surface area (Å²) in [6.45, 7) is 2.05. The van der Waals surface area contributed by atoms with E-state index >= 15 is 0 Å². The summed E-state index contributed by atoms with van der Waals surface area (Å²) in [5.41, 5.74) is 6.75. The standard InChI is InChI=1S/C18H23N5O2S/c1-25-15-6-4-3-5-13(15)16(24)14-11-20-18(22-17(14)19)21-12-7-9-23(26-2)10-8-12/h3-6,11-12H,7-10H2,1-2H3,(H3,19,20,21,22). The van der Waals surface area contributed by atoms with E-state index in [-0.39, 0.29) is 17.2 Å². The second kappa shape index (κ2) is 8.37. The van der Waals surface area contributed by atoms with E-state index in [1.807, 2.05) is 6.07 Å². The zero-order chi connectivity index (χ0) is 18.5. The Kier molecular flexibility index (Phi) is 5.95. The average molecular weight is 373 g/mol. The fourth-order valence-corrected chi connectivity index (χ4v) is 3.56. The van der Waals surface area contributed by atoms with Crippen LogP contribution in [0.25, 0.3) is 0 Å². The molecule has 3 N–H and O–H groups in total. The van der Waals surface area contributed by atoms with Gasteiger partial charge in [0.15, 0.2) is 0 Å². The first-order valence-electron chi connectivity index (χ1n) is 8.48. The van der Waals surface area contributed by atoms with Gasteiger partial charge in [-0.1, -0.05) is 24.1 Å². The Hall–Kier alpha value is -2.32. The Morgan fingerprint density at radius 2 is 2.04 bits per heavy atom. The number of carbonyl (C=O) groups is 1. The molecule has 8 heteroatoms. The molecule has 0 saturated carbocycles. The van der Waals surface area contributed by atoms with E-state index in [2.05, 4.69) is 25.8 Å². The molecule has 7 nitrogen and oxygen atoms in total. The van der Waals surface area contributed by atoms with Gasteiger partial charge in [-0.05, 0) is 31.2 Å². The minimum absolute atomic E-state index is 0.167. The molecule has 0 spiro atoms. The number of aromatic nitrogens is 2. The minimum atomic E-state index is -0.250. The SMILES string of the molecule is COc1ccccc1C(=O)c1cnc(NC2CCN(SC)CC2)nc1N. The van der Waals surface area contributed by atoms with Gasteiger partial charge in [-0.3, -0.25) is 9.10 Å². The highest BCUT2D eigenvalue weighted by Crippen LogP contribution is 2.24. The summed E-state index contributed by atoms with van der Waals surface area (Å²) >= 11 is 1.77. The third-order valence-electron chi connectivity index (χ3n) is 4.46. The van der Waals surface area contributed by atoms with Crippen molar-refractivity contribution in [1.29, 1.82) is 0 Å². The van der Waals surface area contributed by atoms with Crippen molar-refractivity contribution in [2.45, 2.75) is 18.9 Å². The molecule has 0 aliphatic carbocycles. The Morgan fingerprint density at radius 3 is 2.69 bits per heavy atom. The zero-order valence-electron chi connectivity index (χ0n) is 14.9. The van der Waals surface area contributed by atoms with Crippen LogP contribution < -0.4 is 15.8 Å². The van der Waals surface area contributed by atoms with Crippen LogP contribution in [0.3, 0.4) is 0 Å². The summed E-state index contributed by atoms with van der Waals surface area (Å²) < 4.78 is 7.59. The van der Waals surface area contributed by atoms with Crippen molar-refractivity contribution >= 4 is 29.5 Å². The fourth-order valence-electron chi connectivity index (χ4n) is 2.98. The summed E-state index contributed by atoms with van der Waals surface area (Å²) in [4.78, 5) is 21.3. The van der Waals surface area contributed by atoms with Gasteiger partial charge < -0.3 is 15.8 Å². The number of rotatable bonds is 6. The van der Waals surface area contributed by atoms with Crippen molar-refractivity contribution in [3.63, 3.8) is 0 Å². The van der Waals surface area contributed by atoms with Gasteiger partial charge in [0.1, 0.15) is 11.6 Å². The predicted molar refractivity (Wildman–Crippen MR) is 105 cm³/mol. The third kappa shape index (κ3) is 4.08. The van der Waals surface area contributed by atoms with Crippen molar-refractivity contribution in [1.82, 2.24) is 14.3 Å². The van der Waals surface area contributed by atoms with Crippen LogP contribution >= 0.6 is 11.9 Å². The van der Waals surface area contributed by atoms with E-state index in [4.69, 9.17) is 10.5 Å². The molecule has 0 amide bonds. The second-order valence-corrected chi connectivity index (χ2v) is 6.93. The molecule has 2 heterocycles. The summed E-state index contributed by atoms with van der Waals surface area (Å²) in [6, 6.07) is 7.34. The van der Waals surface area contributed by atoms with Gasteiger partial charge in [0.25, 0.3) is 0 Å². The van der Waals surface area contributed by atoms with Gasteiger partial charge in [0, 0.05) is 25.3 Å². The molecule has 0 unspecified atom stereocenters. The number of nitrogens with two attached hydrogens (primary N) is 1. The van der Waals surface area contributed by atoms with Crippen LogP contribution in [0.4, 0.5) is 11.8 Å². The van der Waals surface area contributed by atoms with Crippen molar-refractivity contribution in [3.05, 3.63) is 41.6 Å². The van der Waals surface area contributed by atoms with Crippen molar-refractivity contribution < 1.29 is 9.53 Å². The zero-order valence-corrected chi connectivity index (χ0v) is 15.8. The molecule has 1 aliphatic heterocycles. The molecular formula is C18H23N5O2S. The van der Waals surface area contributed by atoms with E-state index in [1.165, 1.54) is 13.3 Å². The molecule has 3 rings (SSSR count). The Bertz CT molecular complexity index is 778. The van der Waals surface area contributed by atoms with Crippen molar-refractivity contribution in [2.24, 2.45) is 0 Å². The van der Waals surface area contributed by atoms with Crippen LogP contribution in [0, 0.1) is 0 Å². The first-order valence-corrected chi connectivity index (χ1v) is 9.66. The van der Waals surface area contributed by atoms with E-state index < -0.39 is 0 Å². The van der Waals surface area contributed by atoms with Crippen LogP contribution in [0.1, 0.15) is 28.8 Å². The average Bonchev–Trinajstić information content (AvgIpc) is 2.68.